The molecule has 5 N–H and O–H groups in total. The topological polar surface area (TPSA) is 171 Å². The van der Waals surface area contributed by atoms with E-state index in [4.69, 9.17) is 4.74 Å². The summed E-state index contributed by atoms with van der Waals surface area (Å²) in [7, 11) is -4.96. The Bertz CT molecular complexity index is 861. The van der Waals surface area contributed by atoms with E-state index in [-0.39, 0.29) is 62.9 Å². The van der Waals surface area contributed by atoms with E-state index in [1.165, 1.54) is 0 Å². The van der Waals surface area contributed by atoms with Crippen molar-refractivity contribution in [1.29, 1.82) is 0 Å². The lowest BCUT2D eigenvalue weighted by Crippen LogP contribution is -2.55. The number of ether oxygens (including phenoxy) is 1. The van der Waals surface area contributed by atoms with Gasteiger partial charge >= 0.3 is 6.09 Å². The predicted octanol–water partition coefficient (Wildman–Crippen LogP) is 1.17. The molecule has 1 saturated heterocycles. The highest BCUT2D eigenvalue weighted by Crippen LogP contribution is 2.36. The lowest BCUT2D eigenvalue weighted by molar-refractivity contribution is -0.126. The normalized spacial score (nSPS) is 23.3. The molecular formula is C21H35F2N3O8S. The largest absolute Gasteiger partial charge is 0.449 e. The molecule has 14 heteroatoms. The van der Waals surface area contributed by atoms with Crippen LogP contribution in [0.15, 0.2) is 0 Å². The van der Waals surface area contributed by atoms with Crippen LogP contribution < -0.4 is 16.0 Å². The Morgan fingerprint density at radius 3 is 2.34 bits per heavy atom. The van der Waals surface area contributed by atoms with Gasteiger partial charge in [-0.1, -0.05) is 13.8 Å². The van der Waals surface area contributed by atoms with Crippen molar-refractivity contribution in [2.75, 3.05) is 13.2 Å². The summed E-state index contributed by atoms with van der Waals surface area (Å²) in [4.78, 5) is 37.1. The molecule has 0 bridgehead atoms. The lowest BCUT2D eigenvalue weighted by Gasteiger charge is -2.29. The molecule has 1 aliphatic carbocycles. The Morgan fingerprint density at radius 1 is 1.20 bits per heavy atom. The van der Waals surface area contributed by atoms with Gasteiger partial charge in [-0.3, -0.25) is 14.1 Å². The molecule has 2 aliphatic rings. The summed E-state index contributed by atoms with van der Waals surface area (Å²) in [6, 6.07) is -2.69. The standard InChI is InChI=1S/C21H35F2N3O8S/c1-12(2)9-15(26-20(30)34-11-13-3-6-21(22,23)7-4-13)18(28)25-16(19(29)35(31,32)33)10-14-5-8-24-17(14)27/h12-16,19,29H,3-11H2,1-2H3,(H,24,27)(H,25,28)(H,26,30)(H,31,32,33)/t14-,15+,16+,19?/m1/s1. The maximum absolute atomic E-state index is 13.3. The minimum Gasteiger partial charge on any atom is -0.449 e. The Labute approximate surface area is 203 Å². The lowest BCUT2D eigenvalue weighted by atomic mass is 9.87. The zero-order valence-electron chi connectivity index (χ0n) is 19.8. The number of aliphatic hydroxyl groups is 1. The SMILES string of the molecule is CC(C)C[C@H](NC(=O)OCC1CCC(F)(F)CC1)C(=O)N[C@@H](C[C@H]1CCNC1=O)C(O)S(=O)(=O)O. The van der Waals surface area contributed by atoms with Crippen molar-refractivity contribution >= 4 is 28.0 Å². The average molecular weight is 528 g/mol. The number of carbonyl (C=O) groups is 3. The van der Waals surface area contributed by atoms with Crippen molar-refractivity contribution < 1.29 is 46.0 Å². The van der Waals surface area contributed by atoms with Crippen molar-refractivity contribution in [3.63, 3.8) is 0 Å². The fraction of sp³-hybridized carbons (Fsp3) is 0.857. The second-order valence-corrected chi connectivity index (χ2v) is 11.3. The summed E-state index contributed by atoms with van der Waals surface area (Å²) in [6.45, 7) is 3.83. The number of hydrogen-bond acceptors (Lipinski definition) is 7. The third kappa shape index (κ3) is 9.49. The Hall–Kier alpha value is -2.06. The molecule has 4 atom stereocenters. The minimum atomic E-state index is -4.96. The zero-order chi connectivity index (χ0) is 26.4. The van der Waals surface area contributed by atoms with Gasteiger partial charge in [0.2, 0.25) is 23.2 Å². The number of amides is 3. The highest BCUT2D eigenvalue weighted by molar-refractivity contribution is 7.86. The van der Waals surface area contributed by atoms with Gasteiger partial charge in [0.05, 0.1) is 12.6 Å². The molecule has 202 valence electrons. The third-order valence-electron chi connectivity index (χ3n) is 6.28. The highest BCUT2D eigenvalue weighted by Gasteiger charge is 2.38. The molecule has 0 aromatic heterocycles. The van der Waals surface area contributed by atoms with E-state index in [1.54, 1.807) is 13.8 Å². The third-order valence-corrected chi connectivity index (χ3v) is 7.22. The summed E-state index contributed by atoms with van der Waals surface area (Å²) in [5.74, 6) is -4.89. The minimum absolute atomic E-state index is 0.0845. The number of alkyl carbamates (subject to hydrolysis) is 1. The van der Waals surface area contributed by atoms with Crippen LogP contribution in [0.5, 0.6) is 0 Å². The molecule has 0 aromatic rings. The zero-order valence-corrected chi connectivity index (χ0v) is 20.7. The smallest absolute Gasteiger partial charge is 0.407 e. The fourth-order valence-corrected chi connectivity index (χ4v) is 4.86. The van der Waals surface area contributed by atoms with Crippen LogP contribution in [-0.2, 0) is 24.4 Å². The van der Waals surface area contributed by atoms with Gasteiger partial charge in [0, 0.05) is 25.3 Å². The molecule has 0 radical (unpaired) electrons. The molecule has 0 aromatic carbocycles. The van der Waals surface area contributed by atoms with Gasteiger partial charge in [-0.25, -0.2) is 13.6 Å². The summed E-state index contributed by atoms with van der Waals surface area (Å²) in [5, 5.41) is 17.4. The monoisotopic (exact) mass is 527 g/mol. The summed E-state index contributed by atoms with van der Waals surface area (Å²) >= 11 is 0. The van der Waals surface area contributed by atoms with Gasteiger partial charge in [0.1, 0.15) is 6.04 Å². The average Bonchev–Trinajstić information content (AvgIpc) is 3.14. The first-order chi connectivity index (χ1) is 16.2. The number of nitrogens with one attached hydrogen (secondary N) is 3. The maximum Gasteiger partial charge on any atom is 0.407 e. The van der Waals surface area contributed by atoms with Crippen LogP contribution in [0.3, 0.4) is 0 Å². The molecule has 1 heterocycles. The summed E-state index contributed by atoms with van der Waals surface area (Å²) in [5.41, 5.74) is -2.38. The predicted molar refractivity (Wildman–Crippen MR) is 120 cm³/mol. The molecule has 2 rings (SSSR count). The van der Waals surface area contributed by atoms with Crippen molar-refractivity contribution in [3.05, 3.63) is 0 Å². The quantitative estimate of drug-likeness (QED) is 0.249. The molecule has 35 heavy (non-hydrogen) atoms. The molecule has 0 spiro atoms. The van der Waals surface area contributed by atoms with Crippen LogP contribution in [0.25, 0.3) is 0 Å². The van der Waals surface area contributed by atoms with E-state index in [0.717, 1.165) is 0 Å². The van der Waals surface area contributed by atoms with E-state index in [2.05, 4.69) is 16.0 Å². The first-order valence-corrected chi connectivity index (χ1v) is 13.2. The fourth-order valence-electron chi connectivity index (χ4n) is 4.26. The van der Waals surface area contributed by atoms with Crippen molar-refractivity contribution in [3.8, 4) is 0 Å². The van der Waals surface area contributed by atoms with Gasteiger partial charge < -0.3 is 25.8 Å². The molecule has 1 aliphatic heterocycles. The van der Waals surface area contributed by atoms with E-state index in [9.17, 15) is 41.2 Å². The Balaban J connectivity index is 2.01. The second kappa shape index (κ2) is 12.3. The first kappa shape index (κ1) is 29.2. The summed E-state index contributed by atoms with van der Waals surface area (Å²) < 4.78 is 64.1. The van der Waals surface area contributed by atoms with E-state index < -0.39 is 51.5 Å². The van der Waals surface area contributed by atoms with Crippen LogP contribution >= 0.6 is 0 Å². The highest BCUT2D eigenvalue weighted by atomic mass is 32.2. The maximum atomic E-state index is 13.3. The van der Waals surface area contributed by atoms with Crippen molar-refractivity contribution in [2.45, 2.75) is 82.2 Å². The van der Waals surface area contributed by atoms with E-state index in [0.29, 0.717) is 13.0 Å². The van der Waals surface area contributed by atoms with Gasteiger partial charge in [-0.2, -0.15) is 8.42 Å². The van der Waals surface area contributed by atoms with Crippen molar-refractivity contribution in [1.82, 2.24) is 16.0 Å². The number of carbonyl (C=O) groups excluding carboxylic acids is 3. The molecular weight excluding hydrogens is 492 g/mol. The molecule has 1 unspecified atom stereocenters. The Morgan fingerprint density at radius 2 is 1.83 bits per heavy atom. The van der Waals surface area contributed by atoms with Crippen LogP contribution in [0.2, 0.25) is 0 Å². The first-order valence-electron chi connectivity index (χ1n) is 11.7. The van der Waals surface area contributed by atoms with Crippen LogP contribution in [0.1, 0.15) is 58.8 Å². The summed E-state index contributed by atoms with van der Waals surface area (Å²) in [6.07, 6.45) is -0.838. The van der Waals surface area contributed by atoms with Crippen LogP contribution in [0.4, 0.5) is 13.6 Å². The molecule has 11 nitrogen and oxygen atoms in total. The number of rotatable bonds is 11. The van der Waals surface area contributed by atoms with Crippen molar-refractivity contribution in [2.24, 2.45) is 17.8 Å². The number of alkyl halides is 2. The van der Waals surface area contributed by atoms with Gasteiger partial charge in [-0.15, -0.1) is 0 Å². The van der Waals surface area contributed by atoms with Crippen LogP contribution in [0, 0.1) is 17.8 Å². The van der Waals surface area contributed by atoms with Gasteiger partial charge in [0.15, 0.2) is 0 Å². The number of aliphatic hydroxyl groups excluding tert-OH is 1. The van der Waals surface area contributed by atoms with Gasteiger partial charge in [0.25, 0.3) is 10.1 Å². The second-order valence-electron chi connectivity index (χ2n) is 9.76. The molecule has 2 fully saturated rings. The van der Waals surface area contributed by atoms with Gasteiger partial charge in [-0.05, 0) is 43.9 Å². The molecule has 1 saturated carbocycles. The number of halogens is 2. The van der Waals surface area contributed by atoms with E-state index >= 15 is 0 Å². The van der Waals surface area contributed by atoms with Crippen LogP contribution in [-0.4, -0.2) is 72.6 Å². The van der Waals surface area contributed by atoms with E-state index in [1.807, 2.05) is 0 Å². The number of hydrogen-bond donors (Lipinski definition) is 5. The molecule has 3 amide bonds. The Kier molecular flexibility index (Phi) is 10.2.